The van der Waals surface area contributed by atoms with Crippen molar-refractivity contribution < 1.29 is 42.1 Å². The smallest absolute Gasteiger partial charge is 0.151 e. The SMILES string of the molecule is C1CC2C3CCC(C3)C2C1.C1CC2C3CCC(C3)C2C1.CCCS(=O)(=O)CCSC.CCCS(=O)(=O)CCSC1CCC(SC)CC1.CCCS(=O)(=O)CCSCC1CSC(CSC)CS1.CCCS(C)(=O)=O.CSC.CSCC1CSC(CSCCS(C)(=O)=O)CS1. The second-order valence-corrected chi connectivity index (χ2v) is 51.9. The summed E-state index contributed by atoms with van der Waals surface area (Å²) in [6.07, 6.45) is 42.2. The van der Waals surface area contributed by atoms with Crippen LogP contribution in [0.1, 0.15) is 156 Å². The number of hydrogen-bond acceptors (Lipinski definition) is 22. The molecule has 0 aromatic heterocycles. The fraction of sp³-hybridized carbons (Fsp3) is 1.00. The maximum absolute atomic E-state index is 11.6. The van der Waals surface area contributed by atoms with Gasteiger partial charge < -0.3 is 0 Å². The molecule has 7 saturated carbocycles. The summed E-state index contributed by atoms with van der Waals surface area (Å²) in [5.74, 6) is 25.0. The van der Waals surface area contributed by atoms with Crippen LogP contribution in [0.2, 0.25) is 0 Å². The first-order chi connectivity index (χ1) is 44.1. The molecule has 93 heavy (non-hydrogen) atoms. The second kappa shape index (κ2) is 52.8. The monoisotopic (exact) mass is 1630 g/mol. The van der Waals surface area contributed by atoms with Crippen LogP contribution in [-0.2, 0) is 49.2 Å². The van der Waals surface area contributed by atoms with E-state index >= 15 is 0 Å². The first-order valence-corrected chi connectivity index (χ1v) is 59.0. The van der Waals surface area contributed by atoms with Gasteiger partial charge in [-0.15, -0.1) is 0 Å². The first kappa shape index (κ1) is 93.0. The van der Waals surface area contributed by atoms with Gasteiger partial charge in [0.1, 0.15) is 19.7 Å². The largest absolute Gasteiger partial charge is 0.229 e. The zero-order chi connectivity index (χ0) is 69.4. The van der Waals surface area contributed by atoms with Crippen molar-refractivity contribution in [3.63, 3.8) is 0 Å². The molecule has 0 amide bonds. The standard InChI is InChI=1S/C12H24O2S5.C12H24O2S3.C10H20O2S5.2C10H16.C6H14O2S2.C4H10O2S.C2H6S/c1-3-5-19(13,14)6-4-16-8-12-10-17-11(7-15-2)9-18-12;1-3-9-17(13,14)10-8-16-12-6-4-11(15-2)5-7-12;1-13-5-9-7-16-10(8-15-9)6-14-3-4-17(2,11)12;2*1-2-9-7-4-5-8(6-7)10(9)3-1;1-3-5-10(7,8)6-4-9-2;1-3-4-7(2,5)6;1-3-2/h11-12H,3-10H2,1-2H3;11-12H,3-10H2,1-2H3;9-10H,3-8H2,1-2H3;2*7-10H,1-6H2;3-6H2,1-2H3;3-4H2,1-2H3;1-2H3. The van der Waals surface area contributed by atoms with Crippen LogP contribution in [0.4, 0.5) is 0 Å². The van der Waals surface area contributed by atoms with Gasteiger partial charge in [-0.25, -0.2) is 42.1 Å². The molecule has 7 aliphatic carbocycles. The van der Waals surface area contributed by atoms with Crippen LogP contribution < -0.4 is 0 Å². The Morgan fingerprint density at radius 3 is 0.946 bits per heavy atom. The van der Waals surface area contributed by atoms with E-state index in [1.54, 1.807) is 112 Å². The van der Waals surface area contributed by atoms with Gasteiger partial charge in [-0.05, 0) is 200 Å². The number of hydrogen-bond donors (Lipinski definition) is 0. The van der Waals surface area contributed by atoms with Crippen LogP contribution in [0.5, 0.6) is 0 Å². The predicted molar refractivity (Wildman–Crippen MR) is 446 cm³/mol. The Morgan fingerprint density at radius 2 is 0.656 bits per heavy atom. The fourth-order valence-electron chi connectivity index (χ4n) is 14.4. The van der Waals surface area contributed by atoms with E-state index in [2.05, 4.69) is 65.8 Å². The minimum Gasteiger partial charge on any atom is -0.229 e. The quantitative estimate of drug-likeness (QED) is 0.0621. The van der Waals surface area contributed by atoms with Gasteiger partial charge in [0.15, 0.2) is 29.5 Å². The van der Waals surface area contributed by atoms with E-state index in [0.29, 0.717) is 61.8 Å². The molecular formula is C66H130O10S17. The maximum Gasteiger partial charge on any atom is 0.151 e. The maximum atomic E-state index is 11.6. The van der Waals surface area contributed by atoms with Crippen molar-refractivity contribution in [3.8, 4) is 0 Å². The van der Waals surface area contributed by atoms with Crippen molar-refractivity contribution in [2.75, 3.05) is 165 Å². The summed E-state index contributed by atoms with van der Waals surface area (Å²) in [6.45, 7) is 7.58. The van der Waals surface area contributed by atoms with Gasteiger partial charge in [-0.2, -0.15) is 141 Å². The highest BCUT2D eigenvalue weighted by atomic mass is 32.2. The number of thioether (sulfide) groups is 12. The predicted octanol–water partition coefficient (Wildman–Crippen LogP) is 16.9. The van der Waals surface area contributed by atoms with Gasteiger partial charge in [0, 0.05) is 136 Å². The summed E-state index contributed by atoms with van der Waals surface area (Å²) in [5, 5.41) is 4.59. The van der Waals surface area contributed by atoms with Crippen LogP contribution in [-0.4, -0.2) is 239 Å². The molecule has 556 valence electrons. The third kappa shape index (κ3) is 43.2. The Balaban J connectivity index is 0.000000374. The molecule has 0 aromatic rings. The molecule has 2 saturated heterocycles. The molecule has 9 rings (SSSR count). The lowest BCUT2D eigenvalue weighted by Gasteiger charge is -2.27. The molecule has 0 aromatic carbocycles. The van der Waals surface area contributed by atoms with Gasteiger partial charge in [0.05, 0.1) is 23.0 Å². The summed E-state index contributed by atoms with van der Waals surface area (Å²) in [6, 6.07) is 0. The second-order valence-electron chi connectivity index (χ2n) is 26.7. The lowest BCUT2D eigenvalue weighted by atomic mass is 9.82. The number of sulfone groups is 5. The molecule has 9 aliphatic rings. The van der Waals surface area contributed by atoms with Crippen molar-refractivity contribution in [2.24, 2.45) is 47.3 Å². The summed E-state index contributed by atoms with van der Waals surface area (Å²) < 4.78 is 111. The van der Waals surface area contributed by atoms with Gasteiger partial charge in [-0.1, -0.05) is 40.5 Å². The van der Waals surface area contributed by atoms with Crippen LogP contribution in [0.25, 0.3) is 0 Å². The number of rotatable bonds is 30. The summed E-state index contributed by atoms with van der Waals surface area (Å²) in [4.78, 5) is 0. The highest BCUT2D eigenvalue weighted by molar-refractivity contribution is 8.10. The van der Waals surface area contributed by atoms with Crippen LogP contribution >= 0.6 is 141 Å². The van der Waals surface area contributed by atoms with E-state index < -0.39 is 49.2 Å². The van der Waals surface area contributed by atoms with Crippen LogP contribution in [0.3, 0.4) is 0 Å². The van der Waals surface area contributed by atoms with Crippen molar-refractivity contribution in [1.29, 1.82) is 0 Å². The fourth-order valence-corrected chi connectivity index (χ4v) is 36.0. The molecule has 10 nitrogen and oxygen atoms in total. The Hall–Kier alpha value is 3.95. The highest BCUT2D eigenvalue weighted by Gasteiger charge is 2.50. The molecule has 0 radical (unpaired) electrons. The third-order valence-corrected chi connectivity index (χ3v) is 41.5. The van der Waals surface area contributed by atoms with Crippen LogP contribution in [0, 0.1) is 47.3 Å². The van der Waals surface area contributed by atoms with Crippen LogP contribution in [0.15, 0.2) is 0 Å². The van der Waals surface area contributed by atoms with E-state index in [9.17, 15) is 42.1 Å². The molecular weight excluding hydrogens is 1500 g/mol. The molecule has 0 N–H and O–H groups in total. The Kier molecular flexibility index (Phi) is 52.9. The minimum absolute atomic E-state index is 0.312. The first-order valence-electron chi connectivity index (χ1n) is 34.7. The average molecular weight is 1630 g/mol. The van der Waals surface area contributed by atoms with Crippen molar-refractivity contribution in [3.05, 3.63) is 0 Å². The van der Waals surface area contributed by atoms with Gasteiger partial charge >= 0.3 is 0 Å². The molecule has 4 bridgehead atoms. The lowest BCUT2D eigenvalue weighted by Crippen LogP contribution is -2.25. The average Bonchev–Trinajstić information content (AvgIpc) is 1.64. The van der Waals surface area contributed by atoms with E-state index in [0.717, 1.165) is 76.0 Å². The van der Waals surface area contributed by atoms with E-state index in [1.165, 1.54) is 120 Å². The number of fused-ring (bicyclic) bond motifs is 10. The van der Waals surface area contributed by atoms with Gasteiger partial charge in [-0.3, -0.25) is 0 Å². The molecule has 12 unspecified atom stereocenters. The molecule has 2 aliphatic heterocycles. The zero-order valence-electron chi connectivity index (χ0n) is 59.4. The summed E-state index contributed by atoms with van der Waals surface area (Å²) in [7, 11) is -13.7. The van der Waals surface area contributed by atoms with Crippen molar-refractivity contribution in [2.45, 2.75) is 188 Å². The topological polar surface area (TPSA) is 171 Å². The molecule has 2 heterocycles. The van der Waals surface area contributed by atoms with E-state index in [1.807, 2.05) is 105 Å². The normalized spacial score (nSPS) is 29.2. The molecule has 0 spiro atoms. The van der Waals surface area contributed by atoms with Crippen molar-refractivity contribution >= 4 is 190 Å². The summed E-state index contributed by atoms with van der Waals surface area (Å²) >= 11 is 22.9. The van der Waals surface area contributed by atoms with Crippen molar-refractivity contribution in [1.82, 2.24) is 0 Å². The molecule has 12 atom stereocenters. The summed E-state index contributed by atoms with van der Waals surface area (Å²) in [5.41, 5.74) is 0. The third-order valence-electron chi connectivity index (χ3n) is 18.6. The van der Waals surface area contributed by atoms with Gasteiger partial charge in [0.2, 0.25) is 0 Å². The molecule has 9 fully saturated rings. The highest BCUT2D eigenvalue weighted by Crippen LogP contribution is 2.59. The Morgan fingerprint density at radius 1 is 0.344 bits per heavy atom. The minimum atomic E-state index is -2.79. The van der Waals surface area contributed by atoms with E-state index in [-0.39, 0.29) is 0 Å². The van der Waals surface area contributed by atoms with Gasteiger partial charge in [0.25, 0.3) is 0 Å². The Bertz CT molecular complexity index is 2390. The molecule has 27 heteroatoms. The zero-order valence-corrected chi connectivity index (χ0v) is 73.3. The Labute approximate surface area is 625 Å². The van der Waals surface area contributed by atoms with E-state index in [4.69, 9.17) is 0 Å². The lowest BCUT2D eigenvalue weighted by molar-refractivity contribution is 0.259.